The van der Waals surface area contributed by atoms with E-state index in [2.05, 4.69) is 13.5 Å². The number of esters is 1. The molecular weight excluding hydrogens is 256 g/mol. The van der Waals surface area contributed by atoms with Crippen LogP contribution in [-0.2, 0) is 14.3 Å². The number of aldehydes is 1. The van der Waals surface area contributed by atoms with Crippen LogP contribution in [0.15, 0.2) is 12.2 Å². The maximum absolute atomic E-state index is 11.6. The first-order valence-electron chi connectivity index (χ1n) is 7.32. The van der Waals surface area contributed by atoms with Crippen molar-refractivity contribution in [1.82, 2.24) is 0 Å². The Bertz CT molecular complexity index is 361. The minimum atomic E-state index is -0.425. The molecular formula is C16H26O4. The van der Waals surface area contributed by atoms with E-state index in [0.29, 0.717) is 17.9 Å². The molecule has 4 heteroatoms. The molecule has 1 rings (SSSR count). The molecule has 20 heavy (non-hydrogen) atoms. The largest absolute Gasteiger partial charge is 0.466 e. The molecule has 1 fully saturated rings. The van der Waals surface area contributed by atoms with Crippen LogP contribution in [0.25, 0.3) is 0 Å². The number of hydrogen-bond donors (Lipinski definition) is 1. The number of aliphatic hydroxyl groups excluding tert-OH is 1. The fraction of sp³-hybridized carbons (Fsp3) is 0.750. The van der Waals surface area contributed by atoms with Gasteiger partial charge in [0.05, 0.1) is 13.2 Å². The van der Waals surface area contributed by atoms with Crippen LogP contribution >= 0.6 is 0 Å². The Balaban J connectivity index is 2.85. The summed E-state index contributed by atoms with van der Waals surface area (Å²) >= 11 is 0. The van der Waals surface area contributed by atoms with E-state index in [1.165, 1.54) is 7.11 Å². The number of carbonyl (C=O) groups excluding carboxylic acids is 2. The molecule has 114 valence electrons. The molecule has 1 N–H and O–H groups in total. The van der Waals surface area contributed by atoms with E-state index in [1.807, 2.05) is 0 Å². The highest BCUT2D eigenvalue weighted by atomic mass is 16.5. The molecule has 4 nitrogen and oxygen atoms in total. The standard InChI is InChI=1S/C16H26O4/c1-10-5-7-14(12(3)16(19)20-4)15(9-17)13(10)8-6-11(2)18/h9-11,13-15,18H,3,5-8H2,1-2,4H3/t10-,11+,13+,14+,15+/m1/s1. The first kappa shape index (κ1) is 16.9. The fourth-order valence-electron chi connectivity index (χ4n) is 3.32. The van der Waals surface area contributed by atoms with Crippen molar-refractivity contribution in [2.24, 2.45) is 23.7 Å². The molecule has 1 aliphatic rings. The molecule has 0 unspecified atom stereocenters. The number of rotatable bonds is 6. The van der Waals surface area contributed by atoms with Gasteiger partial charge in [0.15, 0.2) is 0 Å². The normalized spacial score (nSPS) is 31.4. The van der Waals surface area contributed by atoms with Crippen molar-refractivity contribution in [2.45, 2.75) is 45.6 Å². The molecule has 0 saturated heterocycles. The minimum absolute atomic E-state index is 0.129. The van der Waals surface area contributed by atoms with Gasteiger partial charge in [-0.05, 0) is 44.4 Å². The van der Waals surface area contributed by atoms with Gasteiger partial charge >= 0.3 is 5.97 Å². The van der Waals surface area contributed by atoms with Crippen LogP contribution < -0.4 is 0 Å². The summed E-state index contributed by atoms with van der Waals surface area (Å²) in [7, 11) is 1.33. The highest BCUT2D eigenvalue weighted by molar-refractivity contribution is 5.88. The van der Waals surface area contributed by atoms with Gasteiger partial charge in [-0.25, -0.2) is 4.79 Å². The Morgan fingerprint density at radius 1 is 1.50 bits per heavy atom. The number of carbonyl (C=O) groups is 2. The minimum Gasteiger partial charge on any atom is -0.466 e. The van der Waals surface area contributed by atoms with Crippen molar-refractivity contribution < 1.29 is 19.4 Å². The lowest BCUT2D eigenvalue weighted by Crippen LogP contribution is -2.37. The molecule has 0 bridgehead atoms. The summed E-state index contributed by atoms with van der Waals surface area (Å²) in [5.41, 5.74) is 0.401. The molecule has 0 aliphatic heterocycles. The van der Waals surface area contributed by atoms with Gasteiger partial charge in [-0.15, -0.1) is 0 Å². The quantitative estimate of drug-likeness (QED) is 0.461. The predicted octanol–water partition coefficient (Wildman–Crippen LogP) is 2.35. The Kier molecular flexibility index (Phi) is 6.40. The first-order valence-corrected chi connectivity index (χ1v) is 7.32. The second-order valence-electron chi connectivity index (χ2n) is 5.98. The number of methoxy groups -OCH3 is 1. The molecule has 1 aliphatic carbocycles. The lowest BCUT2D eigenvalue weighted by atomic mass is 9.64. The van der Waals surface area contributed by atoms with E-state index in [1.54, 1.807) is 6.92 Å². The van der Waals surface area contributed by atoms with E-state index in [9.17, 15) is 14.7 Å². The smallest absolute Gasteiger partial charge is 0.333 e. The lowest BCUT2D eigenvalue weighted by Gasteiger charge is -2.40. The highest BCUT2D eigenvalue weighted by Crippen LogP contribution is 2.43. The second kappa shape index (κ2) is 7.58. The van der Waals surface area contributed by atoms with Gasteiger partial charge in [0.25, 0.3) is 0 Å². The zero-order valence-electron chi connectivity index (χ0n) is 12.7. The van der Waals surface area contributed by atoms with Crippen molar-refractivity contribution in [1.29, 1.82) is 0 Å². The summed E-state index contributed by atoms with van der Waals surface area (Å²) in [6.07, 6.45) is 3.84. The maximum Gasteiger partial charge on any atom is 0.333 e. The number of ether oxygens (including phenoxy) is 1. The van der Waals surface area contributed by atoms with E-state index in [4.69, 9.17) is 4.74 Å². The molecule has 0 aromatic rings. The van der Waals surface area contributed by atoms with E-state index in [0.717, 1.165) is 25.5 Å². The number of hydrogen-bond acceptors (Lipinski definition) is 4. The SMILES string of the molecule is C=C(C(=O)OC)[C@@H]1CC[C@@H](C)[C@H](CC[C@H](C)O)[C@@H]1C=O. The van der Waals surface area contributed by atoms with Crippen LogP contribution in [0.3, 0.4) is 0 Å². The van der Waals surface area contributed by atoms with Crippen molar-refractivity contribution in [2.75, 3.05) is 7.11 Å². The van der Waals surface area contributed by atoms with Crippen LogP contribution in [0.5, 0.6) is 0 Å². The molecule has 5 atom stereocenters. The van der Waals surface area contributed by atoms with Crippen LogP contribution in [0, 0.1) is 23.7 Å². The third kappa shape index (κ3) is 3.92. The zero-order valence-corrected chi connectivity index (χ0v) is 12.7. The zero-order chi connectivity index (χ0) is 15.3. The molecule has 0 aromatic carbocycles. The lowest BCUT2D eigenvalue weighted by molar-refractivity contribution is -0.137. The molecule has 1 saturated carbocycles. The average Bonchev–Trinajstić information content (AvgIpc) is 2.43. The van der Waals surface area contributed by atoms with Crippen LogP contribution in [-0.4, -0.2) is 30.6 Å². The average molecular weight is 282 g/mol. The van der Waals surface area contributed by atoms with Gasteiger partial charge in [0, 0.05) is 17.4 Å². The summed E-state index contributed by atoms with van der Waals surface area (Å²) < 4.78 is 4.72. The molecule has 0 aromatic heterocycles. The molecule has 0 amide bonds. The summed E-state index contributed by atoms with van der Waals surface area (Å²) in [6, 6.07) is 0. The maximum atomic E-state index is 11.6. The summed E-state index contributed by atoms with van der Waals surface area (Å²) in [4.78, 5) is 23.2. The summed E-state index contributed by atoms with van der Waals surface area (Å²) in [5, 5.41) is 9.45. The Morgan fingerprint density at radius 2 is 2.15 bits per heavy atom. The van der Waals surface area contributed by atoms with Gasteiger partial charge in [0.1, 0.15) is 6.29 Å². The third-order valence-electron chi connectivity index (χ3n) is 4.59. The summed E-state index contributed by atoms with van der Waals surface area (Å²) in [6.45, 7) is 7.72. The monoisotopic (exact) mass is 282 g/mol. The summed E-state index contributed by atoms with van der Waals surface area (Å²) in [5.74, 6) is -0.141. The van der Waals surface area contributed by atoms with Gasteiger partial charge < -0.3 is 14.6 Å². The van der Waals surface area contributed by atoms with Crippen LogP contribution in [0.2, 0.25) is 0 Å². The van der Waals surface area contributed by atoms with Gasteiger partial charge in [-0.2, -0.15) is 0 Å². The second-order valence-corrected chi connectivity index (χ2v) is 5.98. The van der Waals surface area contributed by atoms with Crippen molar-refractivity contribution in [3.8, 4) is 0 Å². The predicted molar refractivity (Wildman–Crippen MR) is 77.0 cm³/mol. The van der Waals surface area contributed by atoms with Crippen molar-refractivity contribution in [3.05, 3.63) is 12.2 Å². The van der Waals surface area contributed by atoms with Crippen LogP contribution in [0.1, 0.15) is 39.5 Å². The van der Waals surface area contributed by atoms with Gasteiger partial charge in [0.2, 0.25) is 0 Å². The van der Waals surface area contributed by atoms with Crippen molar-refractivity contribution in [3.63, 3.8) is 0 Å². The highest BCUT2D eigenvalue weighted by Gasteiger charge is 2.39. The topological polar surface area (TPSA) is 63.6 Å². The van der Waals surface area contributed by atoms with Crippen molar-refractivity contribution >= 4 is 12.3 Å². The molecule has 0 radical (unpaired) electrons. The van der Waals surface area contributed by atoms with Gasteiger partial charge in [-0.3, -0.25) is 0 Å². The van der Waals surface area contributed by atoms with E-state index >= 15 is 0 Å². The van der Waals surface area contributed by atoms with E-state index in [-0.39, 0.29) is 23.9 Å². The Labute approximate surface area is 121 Å². The Hall–Kier alpha value is -1.16. The van der Waals surface area contributed by atoms with E-state index < -0.39 is 5.97 Å². The number of aliphatic hydroxyl groups is 1. The first-order chi connectivity index (χ1) is 9.42. The molecule has 0 spiro atoms. The Morgan fingerprint density at radius 3 is 2.65 bits per heavy atom. The van der Waals surface area contributed by atoms with Crippen LogP contribution in [0.4, 0.5) is 0 Å². The van der Waals surface area contributed by atoms with Gasteiger partial charge in [-0.1, -0.05) is 13.5 Å². The fourth-order valence-corrected chi connectivity index (χ4v) is 3.32. The molecule has 0 heterocycles. The third-order valence-corrected chi connectivity index (χ3v) is 4.59.